The molecule has 8 heteroatoms. The Hall–Kier alpha value is -3.10. The maximum atomic E-state index is 13.8. The van der Waals surface area contributed by atoms with Gasteiger partial charge in [0, 0.05) is 32.0 Å². The van der Waals surface area contributed by atoms with E-state index < -0.39 is 11.4 Å². The van der Waals surface area contributed by atoms with E-state index in [1.54, 1.807) is 31.5 Å². The van der Waals surface area contributed by atoms with Gasteiger partial charge in [-0.05, 0) is 49.6 Å². The number of nitrogens with zero attached hydrogens (tertiary/aromatic N) is 3. The van der Waals surface area contributed by atoms with Gasteiger partial charge in [0.25, 0.3) is 0 Å². The van der Waals surface area contributed by atoms with Crippen molar-refractivity contribution >= 4 is 0 Å². The molecule has 0 amide bonds. The van der Waals surface area contributed by atoms with Gasteiger partial charge in [-0.15, -0.1) is 0 Å². The molecule has 0 atom stereocenters. The van der Waals surface area contributed by atoms with Crippen LogP contribution in [-0.2, 0) is 13.1 Å². The largest absolute Gasteiger partial charge is 0.493 e. The first kappa shape index (κ1) is 24.0. The molecule has 0 saturated carbocycles. The minimum absolute atomic E-state index is 0.0836. The standard InChI is InChI=1S/C26H32FN3O4/c1-20-28-11-14-30(20)15-16-33-24-8-7-21(17-25(24)32-2)18-29-12-9-26(31,10-13-29)19-34-23-6-4-3-5-22(23)27/h3-8,11,14,17,31H,9-10,12-13,15-16,18-19H2,1-2H3. The number of methoxy groups -OCH3 is 1. The van der Waals surface area contributed by atoms with E-state index >= 15 is 0 Å². The quantitative estimate of drug-likeness (QED) is 0.487. The van der Waals surface area contributed by atoms with Crippen LogP contribution in [0.2, 0.25) is 0 Å². The normalized spacial score (nSPS) is 15.8. The third-order valence-electron chi connectivity index (χ3n) is 6.27. The number of likely N-dealkylation sites (tertiary alicyclic amines) is 1. The minimum atomic E-state index is -0.957. The van der Waals surface area contributed by atoms with Crippen LogP contribution in [0.3, 0.4) is 0 Å². The highest BCUT2D eigenvalue weighted by atomic mass is 19.1. The molecule has 1 N–H and O–H groups in total. The van der Waals surface area contributed by atoms with Crippen LogP contribution in [0.5, 0.6) is 17.2 Å². The number of aryl methyl sites for hydroxylation is 1. The van der Waals surface area contributed by atoms with Gasteiger partial charge in [0.15, 0.2) is 23.1 Å². The van der Waals surface area contributed by atoms with Crippen LogP contribution in [0.15, 0.2) is 54.9 Å². The molecule has 0 bridgehead atoms. The number of imidazole rings is 1. The van der Waals surface area contributed by atoms with Gasteiger partial charge in [-0.1, -0.05) is 18.2 Å². The van der Waals surface area contributed by atoms with Gasteiger partial charge in [0.1, 0.15) is 24.6 Å². The molecule has 1 fully saturated rings. The van der Waals surface area contributed by atoms with Crippen LogP contribution in [0.1, 0.15) is 24.2 Å². The Morgan fingerprint density at radius 3 is 2.56 bits per heavy atom. The predicted octanol–water partition coefficient (Wildman–Crippen LogP) is 3.82. The first-order valence-corrected chi connectivity index (χ1v) is 11.6. The highest BCUT2D eigenvalue weighted by Crippen LogP contribution is 2.30. The number of aromatic nitrogens is 2. The molecule has 1 saturated heterocycles. The van der Waals surface area contributed by atoms with Crippen LogP contribution in [0.25, 0.3) is 0 Å². The smallest absolute Gasteiger partial charge is 0.165 e. The number of hydrogen-bond donors (Lipinski definition) is 1. The Morgan fingerprint density at radius 1 is 1.06 bits per heavy atom. The molecule has 3 aromatic rings. The Balaban J connectivity index is 1.26. The molecule has 2 aromatic carbocycles. The number of aliphatic hydroxyl groups is 1. The van der Waals surface area contributed by atoms with Crippen molar-refractivity contribution in [1.29, 1.82) is 0 Å². The molecule has 0 aliphatic carbocycles. The lowest BCUT2D eigenvalue weighted by Crippen LogP contribution is -2.47. The van der Waals surface area contributed by atoms with Crippen LogP contribution < -0.4 is 14.2 Å². The number of rotatable bonds is 10. The van der Waals surface area contributed by atoms with Crippen molar-refractivity contribution in [3.8, 4) is 17.2 Å². The lowest BCUT2D eigenvalue weighted by molar-refractivity contribution is -0.0543. The molecular formula is C26H32FN3O4. The van der Waals surface area contributed by atoms with Gasteiger partial charge in [-0.3, -0.25) is 4.90 Å². The number of ether oxygens (including phenoxy) is 3. The molecule has 34 heavy (non-hydrogen) atoms. The highest BCUT2D eigenvalue weighted by molar-refractivity contribution is 5.43. The number of hydrogen-bond acceptors (Lipinski definition) is 6. The maximum absolute atomic E-state index is 13.8. The summed E-state index contributed by atoms with van der Waals surface area (Å²) in [6, 6.07) is 12.3. The summed E-state index contributed by atoms with van der Waals surface area (Å²) in [6.45, 7) is 5.48. The first-order valence-electron chi connectivity index (χ1n) is 11.6. The zero-order valence-corrected chi connectivity index (χ0v) is 19.7. The van der Waals surface area contributed by atoms with Gasteiger partial charge in [0.05, 0.1) is 13.7 Å². The molecule has 1 aliphatic heterocycles. The first-order chi connectivity index (χ1) is 16.5. The fraction of sp³-hybridized carbons (Fsp3) is 0.423. The minimum Gasteiger partial charge on any atom is -0.493 e. The van der Waals surface area contributed by atoms with Crippen LogP contribution in [0.4, 0.5) is 4.39 Å². The number of halogens is 1. The monoisotopic (exact) mass is 469 g/mol. The molecular weight excluding hydrogens is 437 g/mol. The van der Waals surface area contributed by atoms with Gasteiger partial charge < -0.3 is 23.9 Å². The van der Waals surface area contributed by atoms with E-state index in [1.807, 2.05) is 35.9 Å². The van der Waals surface area contributed by atoms with Crippen molar-refractivity contribution in [3.63, 3.8) is 0 Å². The number of benzene rings is 2. The summed E-state index contributed by atoms with van der Waals surface area (Å²) in [5.41, 5.74) is 0.157. The molecule has 182 valence electrons. The predicted molar refractivity (Wildman–Crippen MR) is 127 cm³/mol. The SMILES string of the molecule is COc1cc(CN2CCC(O)(COc3ccccc3F)CC2)ccc1OCCn1ccnc1C. The number of piperidine rings is 1. The summed E-state index contributed by atoms with van der Waals surface area (Å²) >= 11 is 0. The van der Waals surface area contributed by atoms with Gasteiger partial charge >= 0.3 is 0 Å². The third-order valence-corrected chi connectivity index (χ3v) is 6.27. The van der Waals surface area contributed by atoms with Crippen LogP contribution in [-0.4, -0.2) is 58.6 Å². The average molecular weight is 470 g/mol. The van der Waals surface area contributed by atoms with E-state index in [1.165, 1.54) is 6.07 Å². The Morgan fingerprint density at radius 2 is 1.85 bits per heavy atom. The Bertz CT molecular complexity index is 1080. The molecule has 0 radical (unpaired) electrons. The molecule has 0 unspecified atom stereocenters. The summed E-state index contributed by atoms with van der Waals surface area (Å²) in [7, 11) is 1.64. The summed E-state index contributed by atoms with van der Waals surface area (Å²) in [6.07, 6.45) is 4.84. The van der Waals surface area contributed by atoms with E-state index in [2.05, 4.69) is 9.88 Å². The van der Waals surface area contributed by atoms with Crippen LogP contribution >= 0.6 is 0 Å². The molecule has 1 aliphatic rings. The zero-order chi connectivity index (χ0) is 24.0. The molecule has 7 nitrogen and oxygen atoms in total. The van der Waals surface area contributed by atoms with Gasteiger partial charge in [-0.25, -0.2) is 9.37 Å². The molecule has 1 aromatic heterocycles. The van der Waals surface area contributed by atoms with Crippen molar-refractivity contribution in [3.05, 3.63) is 72.1 Å². The van der Waals surface area contributed by atoms with Crippen molar-refractivity contribution < 1.29 is 23.7 Å². The summed E-state index contributed by atoms with van der Waals surface area (Å²) in [5.74, 6) is 2.13. The lowest BCUT2D eigenvalue weighted by Gasteiger charge is -2.38. The number of para-hydroxylation sites is 1. The summed E-state index contributed by atoms with van der Waals surface area (Å²) in [5, 5.41) is 10.9. The Kier molecular flexibility index (Phi) is 7.70. The van der Waals surface area contributed by atoms with Crippen molar-refractivity contribution in [1.82, 2.24) is 14.5 Å². The third kappa shape index (κ3) is 6.07. The van der Waals surface area contributed by atoms with E-state index in [0.717, 1.165) is 31.0 Å². The van der Waals surface area contributed by atoms with E-state index in [9.17, 15) is 9.50 Å². The van der Waals surface area contributed by atoms with Gasteiger partial charge in [-0.2, -0.15) is 0 Å². The van der Waals surface area contributed by atoms with E-state index in [-0.39, 0.29) is 12.4 Å². The van der Waals surface area contributed by atoms with Crippen molar-refractivity contribution in [2.45, 2.75) is 38.5 Å². The summed E-state index contributed by atoms with van der Waals surface area (Å²) in [4.78, 5) is 6.51. The maximum Gasteiger partial charge on any atom is 0.165 e. The fourth-order valence-electron chi connectivity index (χ4n) is 4.13. The second-order valence-corrected chi connectivity index (χ2v) is 8.72. The lowest BCUT2D eigenvalue weighted by atomic mass is 9.92. The Labute approximate surface area is 199 Å². The molecule has 0 spiro atoms. The average Bonchev–Trinajstić information content (AvgIpc) is 3.25. The highest BCUT2D eigenvalue weighted by Gasteiger charge is 2.33. The molecule has 2 heterocycles. The van der Waals surface area contributed by atoms with E-state index in [4.69, 9.17) is 14.2 Å². The topological polar surface area (TPSA) is 69.0 Å². The van der Waals surface area contributed by atoms with E-state index in [0.29, 0.717) is 37.5 Å². The van der Waals surface area contributed by atoms with Crippen molar-refractivity contribution in [2.24, 2.45) is 0 Å². The van der Waals surface area contributed by atoms with Gasteiger partial charge in [0.2, 0.25) is 0 Å². The summed E-state index contributed by atoms with van der Waals surface area (Å²) < 4.78 is 32.9. The van der Waals surface area contributed by atoms with Crippen LogP contribution in [0, 0.1) is 12.7 Å². The zero-order valence-electron chi connectivity index (χ0n) is 19.7. The van der Waals surface area contributed by atoms with Crippen molar-refractivity contribution in [2.75, 3.05) is 33.4 Å². The molecule has 4 rings (SSSR count). The second-order valence-electron chi connectivity index (χ2n) is 8.72. The fourth-order valence-corrected chi connectivity index (χ4v) is 4.13. The second kappa shape index (κ2) is 10.9.